The van der Waals surface area contributed by atoms with Crippen LogP contribution in [0.4, 0.5) is 0 Å². The minimum Gasteiger partial charge on any atom is -0.302 e. The monoisotopic (exact) mass is 210 g/mol. The van der Waals surface area contributed by atoms with Crippen LogP contribution in [0.5, 0.6) is 0 Å². The Morgan fingerprint density at radius 3 is 2.13 bits per heavy atom. The smallest absolute Gasteiger partial charge is 0.0109 e. The Morgan fingerprint density at radius 1 is 0.867 bits per heavy atom. The lowest BCUT2D eigenvalue weighted by atomic mass is 10.2. The molecule has 2 heteroatoms. The molecule has 0 bridgehead atoms. The largest absolute Gasteiger partial charge is 0.302 e. The van der Waals surface area contributed by atoms with Gasteiger partial charge in [-0.2, -0.15) is 0 Å². The van der Waals surface area contributed by atoms with E-state index in [-0.39, 0.29) is 0 Å². The molecule has 0 radical (unpaired) electrons. The highest BCUT2D eigenvalue weighted by Gasteiger charge is 2.19. The standard InChI is InChI=1S/C13H26N2/c1-13-6-9-15(12-13)11-10-14-7-4-2-3-5-8-14/h13H,2-12H2,1H3. The maximum absolute atomic E-state index is 2.68. The van der Waals surface area contributed by atoms with Crippen LogP contribution in [0.1, 0.15) is 39.0 Å². The average molecular weight is 210 g/mol. The van der Waals surface area contributed by atoms with E-state index in [2.05, 4.69) is 16.7 Å². The van der Waals surface area contributed by atoms with Crippen molar-refractivity contribution in [1.82, 2.24) is 9.80 Å². The van der Waals surface area contributed by atoms with Crippen molar-refractivity contribution >= 4 is 0 Å². The van der Waals surface area contributed by atoms with E-state index in [1.54, 1.807) is 0 Å². The number of hydrogen-bond acceptors (Lipinski definition) is 2. The lowest BCUT2D eigenvalue weighted by Crippen LogP contribution is -2.34. The summed E-state index contributed by atoms with van der Waals surface area (Å²) in [5, 5.41) is 0. The Bertz CT molecular complexity index is 173. The van der Waals surface area contributed by atoms with Crippen LogP contribution in [-0.2, 0) is 0 Å². The first-order chi connectivity index (χ1) is 7.34. The van der Waals surface area contributed by atoms with Crippen molar-refractivity contribution < 1.29 is 0 Å². The molecule has 2 aliphatic rings. The molecule has 2 aliphatic heterocycles. The highest BCUT2D eigenvalue weighted by molar-refractivity contribution is 4.74. The first-order valence-electron chi connectivity index (χ1n) is 6.79. The van der Waals surface area contributed by atoms with E-state index < -0.39 is 0 Å². The molecule has 0 aromatic carbocycles. The van der Waals surface area contributed by atoms with Gasteiger partial charge >= 0.3 is 0 Å². The highest BCUT2D eigenvalue weighted by atomic mass is 15.2. The molecular formula is C13H26N2. The van der Waals surface area contributed by atoms with Gasteiger partial charge in [-0.3, -0.25) is 0 Å². The predicted molar refractivity (Wildman–Crippen MR) is 65.1 cm³/mol. The zero-order valence-electron chi connectivity index (χ0n) is 10.2. The van der Waals surface area contributed by atoms with Crippen LogP contribution < -0.4 is 0 Å². The van der Waals surface area contributed by atoms with Gasteiger partial charge in [-0.15, -0.1) is 0 Å². The summed E-state index contributed by atoms with van der Waals surface area (Å²) in [6.45, 7) is 10.4. The summed E-state index contributed by atoms with van der Waals surface area (Å²) in [6, 6.07) is 0. The third-order valence-electron chi connectivity index (χ3n) is 3.94. The van der Waals surface area contributed by atoms with Gasteiger partial charge in [0.05, 0.1) is 0 Å². The molecule has 0 aromatic heterocycles. The Balaban J connectivity index is 1.63. The quantitative estimate of drug-likeness (QED) is 0.704. The molecule has 0 amide bonds. The van der Waals surface area contributed by atoms with Crippen molar-refractivity contribution in [2.75, 3.05) is 39.3 Å². The first kappa shape index (κ1) is 11.4. The normalized spacial score (nSPS) is 30.6. The lowest BCUT2D eigenvalue weighted by molar-refractivity contribution is 0.228. The Kier molecular flexibility index (Phi) is 4.45. The summed E-state index contributed by atoms with van der Waals surface area (Å²) >= 11 is 0. The van der Waals surface area contributed by atoms with Gasteiger partial charge in [0.2, 0.25) is 0 Å². The van der Waals surface area contributed by atoms with Crippen molar-refractivity contribution in [3.8, 4) is 0 Å². The predicted octanol–water partition coefficient (Wildman–Crippen LogP) is 2.20. The van der Waals surface area contributed by atoms with Gasteiger partial charge in [-0.05, 0) is 44.8 Å². The molecule has 0 aromatic rings. The van der Waals surface area contributed by atoms with Gasteiger partial charge in [-0.25, -0.2) is 0 Å². The summed E-state index contributed by atoms with van der Waals surface area (Å²) in [7, 11) is 0. The van der Waals surface area contributed by atoms with Crippen molar-refractivity contribution in [3.63, 3.8) is 0 Å². The summed E-state index contributed by atoms with van der Waals surface area (Å²) in [5.74, 6) is 0.939. The van der Waals surface area contributed by atoms with Crippen molar-refractivity contribution in [1.29, 1.82) is 0 Å². The zero-order chi connectivity index (χ0) is 10.5. The highest BCUT2D eigenvalue weighted by Crippen LogP contribution is 2.15. The second kappa shape index (κ2) is 5.86. The first-order valence-corrected chi connectivity index (χ1v) is 6.79. The minimum absolute atomic E-state index is 0.939. The third kappa shape index (κ3) is 3.76. The lowest BCUT2D eigenvalue weighted by Gasteiger charge is -2.23. The summed E-state index contributed by atoms with van der Waals surface area (Å²) in [5.41, 5.74) is 0. The van der Waals surface area contributed by atoms with Crippen molar-refractivity contribution in [2.24, 2.45) is 5.92 Å². The molecular weight excluding hydrogens is 184 g/mol. The van der Waals surface area contributed by atoms with E-state index in [9.17, 15) is 0 Å². The summed E-state index contributed by atoms with van der Waals surface area (Å²) in [4.78, 5) is 5.32. The second-order valence-electron chi connectivity index (χ2n) is 5.45. The molecule has 2 nitrogen and oxygen atoms in total. The molecule has 2 rings (SSSR count). The molecule has 0 aliphatic carbocycles. The molecule has 88 valence electrons. The molecule has 2 heterocycles. The van der Waals surface area contributed by atoms with E-state index in [4.69, 9.17) is 0 Å². The fraction of sp³-hybridized carbons (Fsp3) is 1.00. The molecule has 1 atom stereocenters. The van der Waals surface area contributed by atoms with Gasteiger partial charge in [0.15, 0.2) is 0 Å². The average Bonchev–Trinajstić information content (AvgIpc) is 2.52. The van der Waals surface area contributed by atoms with Gasteiger partial charge in [0.25, 0.3) is 0 Å². The fourth-order valence-electron chi connectivity index (χ4n) is 2.87. The third-order valence-corrected chi connectivity index (χ3v) is 3.94. The van der Waals surface area contributed by atoms with Crippen LogP contribution in [0.15, 0.2) is 0 Å². The number of likely N-dealkylation sites (tertiary alicyclic amines) is 2. The van der Waals surface area contributed by atoms with E-state index in [0.717, 1.165) is 5.92 Å². The SMILES string of the molecule is CC1CCN(CCN2CCCCCC2)C1. The van der Waals surface area contributed by atoms with Crippen molar-refractivity contribution in [2.45, 2.75) is 39.0 Å². The zero-order valence-corrected chi connectivity index (χ0v) is 10.2. The molecule has 0 spiro atoms. The topological polar surface area (TPSA) is 6.48 Å². The molecule has 2 fully saturated rings. The molecule has 2 saturated heterocycles. The van der Waals surface area contributed by atoms with E-state index in [1.807, 2.05) is 0 Å². The van der Waals surface area contributed by atoms with Crippen molar-refractivity contribution in [3.05, 3.63) is 0 Å². The Hall–Kier alpha value is -0.0800. The van der Waals surface area contributed by atoms with Gasteiger partial charge < -0.3 is 9.80 Å². The Labute approximate surface area is 94.6 Å². The van der Waals surface area contributed by atoms with Gasteiger partial charge in [-0.1, -0.05) is 19.8 Å². The maximum Gasteiger partial charge on any atom is 0.0109 e. The van der Waals surface area contributed by atoms with Crippen LogP contribution in [0.2, 0.25) is 0 Å². The number of nitrogens with zero attached hydrogens (tertiary/aromatic N) is 2. The molecule has 0 saturated carbocycles. The Morgan fingerprint density at radius 2 is 1.53 bits per heavy atom. The molecule has 1 unspecified atom stereocenters. The maximum atomic E-state index is 2.68. The van der Waals surface area contributed by atoms with Crippen LogP contribution in [0.3, 0.4) is 0 Å². The summed E-state index contributed by atoms with van der Waals surface area (Å²) in [6.07, 6.45) is 7.18. The van der Waals surface area contributed by atoms with E-state index in [0.29, 0.717) is 0 Å². The fourth-order valence-corrected chi connectivity index (χ4v) is 2.87. The van der Waals surface area contributed by atoms with Gasteiger partial charge in [0, 0.05) is 19.6 Å². The van der Waals surface area contributed by atoms with E-state index in [1.165, 1.54) is 71.4 Å². The van der Waals surface area contributed by atoms with E-state index >= 15 is 0 Å². The van der Waals surface area contributed by atoms with Crippen LogP contribution in [0, 0.1) is 5.92 Å². The minimum atomic E-state index is 0.939. The van der Waals surface area contributed by atoms with Gasteiger partial charge in [0.1, 0.15) is 0 Å². The summed E-state index contributed by atoms with van der Waals surface area (Å²) < 4.78 is 0. The number of rotatable bonds is 3. The van der Waals surface area contributed by atoms with Crippen LogP contribution in [0.25, 0.3) is 0 Å². The second-order valence-corrected chi connectivity index (χ2v) is 5.45. The van der Waals surface area contributed by atoms with Crippen LogP contribution in [-0.4, -0.2) is 49.1 Å². The van der Waals surface area contributed by atoms with Crippen LogP contribution >= 0.6 is 0 Å². The molecule has 0 N–H and O–H groups in total. The molecule has 15 heavy (non-hydrogen) atoms. The number of hydrogen-bond donors (Lipinski definition) is 0.